The maximum atomic E-state index is 13.3. The van der Waals surface area contributed by atoms with Gasteiger partial charge in [0, 0.05) is 6.20 Å². The molecule has 11 heteroatoms. The molecule has 0 unspecified atom stereocenters. The number of allylic oxidation sites excluding steroid dienone is 1. The predicted octanol–water partition coefficient (Wildman–Crippen LogP) is 7.54. The van der Waals surface area contributed by atoms with Crippen molar-refractivity contribution in [2.24, 2.45) is 0 Å². The molecule has 0 aliphatic rings. The summed E-state index contributed by atoms with van der Waals surface area (Å²) in [6.07, 6.45) is -6.11. The molecule has 0 saturated carbocycles. The van der Waals surface area contributed by atoms with Crippen LogP contribution in [0, 0.1) is 0 Å². The third-order valence-corrected chi connectivity index (χ3v) is 5.99. The predicted molar refractivity (Wildman–Crippen MR) is 123 cm³/mol. The van der Waals surface area contributed by atoms with Gasteiger partial charge in [0.05, 0.1) is 34.4 Å². The molecule has 2 heterocycles. The summed E-state index contributed by atoms with van der Waals surface area (Å²) in [6, 6.07) is 11.3. The van der Waals surface area contributed by atoms with Gasteiger partial charge in [0.25, 0.3) is 0 Å². The van der Waals surface area contributed by atoms with Crippen LogP contribution in [-0.2, 0) is 12.4 Å². The van der Waals surface area contributed by atoms with Gasteiger partial charge in [-0.25, -0.2) is 4.68 Å². The highest BCUT2D eigenvalue weighted by molar-refractivity contribution is 7.13. The summed E-state index contributed by atoms with van der Waals surface area (Å²) >= 11 is 1.22. The number of hydrogen-bond acceptors (Lipinski definition) is 4. The third-order valence-electron chi connectivity index (χ3n) is 5.11. The Balaban J connectivity index is 1.79. The molecule has 0 bridgehead atoms. The molecule has 4 rings (SSSR count). The smallest absolute Gasteiger partial charge is 0.416 e. The lowest BCUT2D eigenvalue weighted by Gasteiger charge is -2.14. The van der Waals surface area contributed by atoms with Gasteiger partial charge >= 0.3 is 12.4 Å². The second kappa shape index (κ2) is 9.65. The Morgan fingerprint density at radius 3 is 2.14 bits per heavy atom. The first-order valence-electron chi connectivity index (χ1n) is 10.3. The third kappa shape index (κ3) is 5.51. The number of methoxy groups -OCH3 is 1. The van der Waals surface area contributed by atoms with Gasteiger partial charge in [-0.05, 0) is 53.4 Å². The molecule has 36 heavy (non-hydrogen) atoms. The fourth-order valence-electron chi connectivity index (χ4n) is 3.33. The first-order chi connectivity index (χ1) is 17.0. The van der Waals surface area contributed by atoms with E-state index in [4.69, 9.17) is 4.74 Å². The Morgan fingerprint density at radius 1 is 0.972 bits per heavy atom. The molecule has 0 fully saturated rings. The molecule has 2 aromatic heterocycles. The van der Waals surface area contributed by atoms with Crippen LogP contribution >= 0.6 is 11.3 Å². The van der Waals surface area contributed by atoms with E-state index in [1.165, 1.54) is 30.6 Å². The number of carbonyl (C=O) groups excluding carboxylic acids is 1. The number of nitrogens with zero attached hydrogens (tertiary/aromatic N) is 2. The van der Waals surface area contributed by atoms with Gasteiger partial charge in [0.2, 0.25) is 0 Å². The van der Waals surface area contributed by atoms with Gasteiger partial charge in [-0.3, -0.25) is 4.79 Å². The second-order valence-corrected chi connectivity index (χ2v) is 8.50. The fraction of sp³-hybridized carbons (Fsp3) is 0.120. The minimum atomic E-state index is -5.01. The number of ether oxygens (including phenoxy) is 1. The molecule has 0 atom stereocenters. The molecular weight excluding hydrogens is 506 g/mol. The summed E-state index contributed by atoms with van der Waals surface area (Å²) in [5.41, 5.74) is -2.59. The van der Waals surface area contributed by atoms with E-state index in [0.717, 1.165) is 10.9 Å². The zero-order valence-corrected chi connectivity index (χ0v) is 19.2. The van der Waals surface area contributed by atoms with Crippen LogP contribution in [0.4, 0.5) is 26.3 Å². The van der Waals surface area contributed by atoms with E-state index >= 15 is 0 Å². The van der Waals surface area contributed by atoms with Crippen molar-refractivity contribution in [2.45, 2.75) is 12.4 Å². The number of ketones is 1. The highest BCUT2D eigenvalue weighted by atomic mass is 32.1. The van der Waals surface area contributed by atoms with Gasteiger partial charge in [-0.2, -0.15) is 31.4 Å². The van der Waals surface area contributed by atoms with E-state index in [-0.39, 0.29) is 17.3 Å². The minimum Gasteiger partial charge on any atom is -0.497 e. The molecule has 0 saturated heterocycles. The number of hydrogen-bond donors (Lipinski definition) is 0. The van der Waals surface area contributed by atoms with Crippen LogP contribution in [0.1, 0.15) is 27.0 Å². The maximum Gasteiger partial charge on any atom is 0.416 e. The van der Waals surface area contributed by atoms with Crippen LogP contribution in [-0.4, -0.2) is 22.7 Å². The van der Waals surface area contributed by atoms with Gasteiger partial charge in [-0.15, -0.1) is 11.3 Å². The largest absolute Gasteiger partial charge is 0.497 e. The molecule has 0 N–H and O–H groups in total. The lowest BCUT2D eigenvalue weighted by molar-refractivity contribution is -0.143. The van der Waals surface area contributed by atoms with Crippen molar-refractivity contribution in [3.63, 3.8) is 0 Å². The van der Waals surface area contributed by atoms with Crippen molar-refractivity contribution >= 4 is 23.2 Å². The monoisotopic (exact) mass is 522 g/mol. The summed E-state index contributed by atoms with van der Waals surface area (Å²) in [4.78, 5) is 13.6. The summed E-state index contributed by atoms with van der Waals surface area (Å²) in [5, 5.41) is 5.90. The number of halogens is 6. The summed E-state index contributed by atoms with van der Waals surface area (Å²) in [6.45, 7) is 0. The van der Waals surface area contributed by atoms with E-state index in [2.05, 4.69) is 5.10 Å². The molecular formula is C25H16F6N2O2S. The SMILES string of the molecule is COc1ccc(C=CC(=O)c2cn(-c3cc(C(F)(F)F)cc(C(F)(F)F)c3)nc2-c2cccs2)cc1. The van der Waals surface area contributed by atoms with E-state index < -0.39 is 35.0 Å². The summed E-state index contributed by atoms with van der Waals surface area (Å²) in [5.74, 6) is 0.0996. The highest BCUT2D eigenvalue weighted by Gasteiger charge is 2.37. The topological polar surface area (TPSA) is 44.1 Å². The van der Waals surface area contributed by atoms with Crippen molar-refractivity contribution in [2.75, 3.05) is 7.11 Å². The second-order valence-electron chi connectivity index (χ2n) is 7.55. The average molecular weight is 522 g/mol. The molecule has 0 radical (unpaired) electrons. The number of rotatable bonds is 6. The lowest BCUT2D eigenvalue weighted by Crippen LogP contribution is -2.12. The van der Waals surface area contributed by atoms with E-state index in [9.17, 15) is 31.1 Å². The number of alkyl halides is 6. The molecule has 0 aliphatic heterocycles. The fourth-order valence-corrected chi connectivity index (χ4v) is 4.05. The summed E-state index contributed by atoms with van der Waals surface area (Å²) in [7, 11) is 1.51. The molecule has 186 valence electrons. The van der Waals surface area contributed by atoms with Crippen LogP contribution in [0.15, 0.2) is 72.3 Å². The molecule has 4 aromatic rings. The number of aromatic nitrogens is 2. The van der Waals surface area contributed by atoms with Crippen molar-refractivity contribution in [1.82, 2.24) is 9.78 Å². The Morgan fingerprint density at radius 2 is 1.61 bits per heavy atom. The van der Waals surface area contributed by atoms with Gasteiger partial charge in [0.1, 0.15) is 11.4 Å². The van der Waals surface area contributed by atoms with E-state index in [0.29, 0.717) is 28.3 Å². The van der Waals surface area contributed by atoms with Crippen LogP contribution in [0.25, 0.3) is 22.3 Å². The van der Waals surface area contributed by atoms with Crippen LogP contribution in [0.3, 0.4) is 0 Å². The summed E-state index contributed by atoms with van der Waals surface area (Å²) < 4.78 is 85.9. The van der Waals surface area contributed by atoms with Crippen molar-refractivity contribution < 1.29 is 35.9 Å². The van der Waals surface area contributed by atoms with Crippen molar-refractivity contribution in [3.8, 4) is 22.0 Å². The van der Waals surface area contributed by atoms with Crippen LogP contribution < -0.4 is 4.74 Å². The first-order valence-corrected chi connectivity index (χ1v) is 11.1. The van der Waals surface area contributed by atoms with Crippen LogP contribution in [0.5, 0.6) is 5.75 Å². The zero-order chi connectivity index (χ0) is 26.1. The zero-order valence-electron chi connectivity index (χ0n) is 18.4. The normalized spacial score (nSPS) is 12.3. The van der Waals surface area contributed by atoms with Gasteiger partial charge in [-0.1, -0.05) is 24.3 Å². The van der Waals surface area contributed by atoms with Crippen LogP contribution in [0.2, 0.25) is 0 Å². The minimum absolute atomic E-state index is 0.0215. The number of benzene rings is 2. The Kier molecular flexibility index (Phi) is 6.77. The molecule has 4 nitrogen and oxygen atoms in total. The van der Waals surface area contributed by atoms with E-state index in [1.54, 1.807) is 41.8 Å². The highest BCUT2D eigenvalue weighted by Crippen LogP contribution is 2.37. The Hall–Kier alpha value is -3.86. The maximum absolute atomic E-state index is 13.3. The number of carbonyl (C=O) groups is 1. The number of thiophene rings is 1. The van der Waals surface area contributed by atoms with E-state index in [1.807, 2.05) is 0 Å². The standard InChI is InChI=1S/C25H16F6N2O2S/c1-35-19-7-4-15(5-8-19)6-9-21(34)20-14-33(32-23(20)22-3-2-10-36-22)18-12-16(24(26,27)28)11-17(13-18)25(29,30)31/h2-14H,1H3. The van der Waals surface area contributed by atoms with Gasteiger partial charge < -0.3 is 4.74 Å². The first kappa shape index (κ1) is 25.2. The molecule has 0 spiro atoms. The lowest BCUT2D eigenvalue weighted by atomic mass is 10.1. The van der Waals surface area contributed by atoms with Crippen molar-refractivity contribution in [1.29, 1.82) is 0 Å². The average Bonchev–Trinajstić information content (AvgIpc) is 3.51. The molecule has 2 aromatic carbocycles. The quantitative estimate of drug-likeness (QED) is 0.149. The molecule has 0 amide bonds. The van der Waals surface area contributed by atoms with Crippen molar-refractivity contribution in [3.05, 3.63) is 94.5 Å². The Bertz CT molecular complexity index is 1370. The Labute approximate surface area is 205 Å². The molecule has 0 aliphatic carbocycles. The van der Waals surface area contributed by atoms with Gasteiger partial charge in [0.15, 0.2) is 5.78 Å².